The number of imidazole rings is 1. The van der Waals surface area contributed by atoms with Gasteiger partial charge in [0.1, 0.15) is 17.5 Å². The van der Waals surface area contributed by atoms with Gasteiger partial charge in [0.25, 0.3) is 5.91 Å². The van der Waals surface area contributed by atoms with Crippen molar-refractivity contribution in [3.05, 3.63) is 83.8 Å². The number of alkyl carbamates (subject to hydrolysis) is 1. The molecule has 0 spiro atoms. The predicted molar refractivity (Wildman–Crippen MR) is 172 cm³/mol. The van der Waals surface area contributed by atoms with E-state index < -0.39 is 12.1 Å². The molecule has 4 rings (SSSR count). The lowest BCUT2D eigenvalue weighted by molar-refractivity contribution is -0.140. The van der Waals surface area contributed by atoms with E-state index >= 15 is 0 Å². The zero-order valence-corrected chi connectivity index (χ0v) is 25.8. The number of aromatic nitrogens is 3. The van der Waals surface area contributed by atoms with Crippen LogP contribution in [0.15, 0.2) is 66.9 Å². The number of amidine groups is 1. The molecule has 236 valence electrons. The molecule has 0 aliphatic carbocycles. The third-order valence-electron chi connectivity index (χ3n) is 7.24. The van der Waals surface area contributed by atoms with Gasteiger partial charge in [-0.05, 0) is 61.0 Å². The van der Waals surface area contributed by atoms with Gasteiger partial charge in [0.15, 0.2) is 0 Å². The van der Waals surface area contributed by atoms with Gasteiger partial charge in [0.05, 0.1) is 37.7 Å². The van der Waals surface area contributed by atoms with E-state index in [-0.39, 0.29) is 24.7 Å². The Morgan fingerprint density at radius 3 is 2.49 bits per heavy atom. The van der Waals surface area contributed by atoms with Crippen molar-refractivity contribution < 1.29 is 23.9 Å². The molecule has 0 aliphatic heterocycles. The largest absolute Gasteiger partial charge is 0.469 e. The number of fused-ring (bicyclic) bond motifs is 1. The average molecular weight is 614 g/mol. The lowest BCUT2D eigenvalue weighted by Crippen LogP contribution is -2.33. The molecule has 0 saturated heterocycles. The normalized spacial score (nSPS) is 10.7. The number of carbonyl (C=O) groups excluding carboxylic acids is 3. The van der Waals surface area contributed by atoms with Crippen molar-refractivity contribution in [2.24, 2.45) is 7.05 Å². The third kappa shape index (κ3) is 8.88. The number of hydrogen-bond acceptors (Lipinski definition) is 9. The molecule has 0 atom stereocenters. The van der Waals surface area contributed by atoms with E-state index in [1.807, 2.05) is 29.8 Å². The third-order valence-corrected chi connectivity index (χ3v) is 7.24. The van der Waals surface area contributed by atoms with E-state index in [0.29, 0.717) is 35.6 Å². The van der Waals surface area contributed by atoms with Crippen LogP contribution >= 0.6 is 0 Å². The Kier molecular flexibility index (Phi) is 11.6. The number of methoxy groups -OCH3 is 1. The van der Waals surface area contributed by atoms with Crippen LogP contribution in [0.5, 0.6) is 0 Å². The summed E-state index contributed by atoms with van der Waals surface area (Å²) < 4.78 is 11.9. The molecule has 2 heterocycles. The molecule has 4 aromatic rings. The number of amides is 2. The number of anilines is 2. The maximum Gasteiger partial charge on any atom is 0.412 e. The Balaban J connectivity index is 1.38. The molecule has 0 bridgehead atoms. The van der Waals surface area contributed by atoms with Gasteiger partial charge >= 0.3 is 12.1 Å². The first-order valence-electron chi connectivity index (χ1n) is 14.9. The summed E-state index contributed by atoms with van der Waals surface area (Å²) in [4.78, 5) is 47.8. The summed E-state index contributed by atoms with van der Waals surface area (Å²) in [6, 6.07) is 17.7. The van der Waals surface area contributed by atoms with E-state index in [1.54, 1.807) is 48.7 Å². The fourth-order valence-electron chi connectivity index (χ4n) is 4.68. The molecule has 45 heavy (non-hydrogen) atoms. The molecule has 12 heteroatoms. The molecular formula is C33H39N7O5. The second-order valence-electron chi connectivity index (χ2n) is 10.4. The van der Waals surface area contributed by atoms with Gasteiger partial charge in [-0.25, -0.2) is 14.8 Å². The summed E-state index contributed by atoms with van der Waals surface area (Å²) in [5.41, 5.74) is 3.29. The van der Waals surface area contributed by atoms with Gasteiger partial charge in [-0.15, -0.1) is 0 Å². The molecule has 0 saturated carbocycles. The topological polar surface area (TPSA) is 152 Å². The fourth-order valence-corrected chi connectivity index (χ4v) is 4.68. The Morgan fingerprint density at radius 2 is 1.78 bits per heavy atom. The minimum absolute atomic E-state index is 0.0326. The number of carbonyl (C=O) groups is 3. The average Bonchev–Trinajstić information content (AvgIpc) is 3.38. The monoisotopic (exact) mass is 613 g/mol. The summed E-state index contributed by atoms with van der Waals surface area (Å²) in [7, 11) is 3.22. The number of aryl methyl sites for hydroxylation is 1. The highest BCUT2D eigenvalue weighted by Gasteiger charge is 2.21. The number of esters is 1. The molecule has 12 nitrogen and oxygen atoms in total. The smallest absolute Gasteiger partial charge is 0.412 e. The first-order valence-corrected chi connectivity index (χ1v) is 14.9. The van der Waals surface area contributed by atoms with Crippen LogP contribution in [0.3, 0.4) is 0 Å². The van der Waals surface area contributed by atoms with Gasteiger partial charge in [0, 0.05) is 36.6 Å². The van der Waals surface area contributed by atoms with Crippen LogP contribution in [-0.4, -0.2) is 58.6 Å². The molecule has 2 amide bonds. The maximum atomic E-state index is 13.5. The van der Waals surface area contributed by atoms with Crippen LogP contribution in [-0.2, 0) is 27.9 Å². The highest BCUT2D eigenvalue weighted by atomic mass is 16.5. The minimum atomic E-state index is -0.629. The second kappa shape index (κ2) is 16.0. The fraction of sp³-hybridized carbons (Fsp3) is 0.333. The Morgan fingerprint density at radius 1 is 1.00 bits per heavy atom. The van der Waals surface area contributed by atoms with E-state index in [2.05, 4.69) is 22.5 Å². The number of unbranched alkanes of at least 4 members (excludes halogenated alkanes) is 3. The molecule has 0 fully saturated rings. The van der Waals surface area contributed by atoms with E-state index in [0.717, 1.165) is 42.7 Å². The van der Waals surface area contributed by atoms with Crippen LogP contribution in [0.2, 0.25) is 0 Å². The van der Waals surface area contributed by atoms with Gasteiger partial charge in [0.2, 0.25) is 0 Å². The van der Waals surface area contributed by atoms with Crippen molar-refractivity contribution in [3.63, 3.8) is 0 Å². The molecule has 0 aliphatic rings. The molecule has 3 N–H and O–H groups in total. The van der Waals surface area contributed by atoms with Crippen LogP contribution in [0, 0.1) is 5.41 Å². The predicted octanol–water partition coefficient (Wildman–Crippen LogP) is 5.42. The molecular weight excluding hydrogens is 574 g/mol. The van der Waals surface area contributed by atoms with Crippen molar-refractivity contribution in [2.45, 2.75) is 45.6 Å². The molecule has 2 aromatic carbocycles. The zero-order chi connectivity index (χ0) is 32.2. The number of pyridine rings is 1. The van der Waals surface area contributed by atoms with E-state index in [1.165, 1.54) is 12.0 Å². The Bertz CT molecular complexity index is 1620. The van der Waals surface area contributed by atoms with Gasteiger partial charge in [-0.3, -0.25) is 25.2 Å². The van der Waals surface area contributed by atoms with Crippen molar-refractivity contribution in [1.29, 1.82) is 5.41 Å². The van der Waals surface area contributed by atoms with E-state index in [9.17, 15) is 14.4 Å². The van der Waals surface area contributed by atoms with Crippen LogP contribution in [0.1, 0.15) is 60.8 Å². The molecule has 0 radical (unpaired) electrons. The number of nitrogens with zero attached hydrogens (tertiary/aromatic N) is 4. The Hall–Kier alpha value is -5.26. The Labute approximate surface area is 262 Å². The van der Waals surface area contributed by atoms with Crippen molar-refractivity contribution in [1.82, 2.24) is 19.9 Å². The van der Waals surface area contributed by atoms with Crippen molar-refractivity contribution >= 4 is 46.3 Å². The SMILES string of the molecule is CCCCCCOC(=O)NC(=N)c1ccc(NCc2nc3cc(C(=O)N(CCC(=O)OC)c4ccccn4)ccc3n2C)cc1. The maximum absolute atomic E-state index is 13.5. The number of nitrogens with one attached hydrogen (secondary N) is 3. The number of hydrogen-bond donors (Lipinski definition) is 3. The molecule has 0 unspecified atom stereocenters. The number of rotatable bonds is 14. The standard InChI is InChI=1S/C33H39N7O5/c1-4-5-6-9-20-45-33(43)38-31(34)23-11-14-25(15-12-23)36-22-29-37-26-21-24(13-16-27(26)39(29)2)32(42)40(19-17-30(41)44-3)28-10-7-8-18-35-28/h7-8,10-16,18,21,36H,4-6,9,17,19-20,22H2,1-3H3,(H2,34,38,43). The number of benzene rings is 2. The van der Waals surface area contributed by atoms with Gasteiger partial charge in [-0.2, -0.15) is 0 Å². The highest BCUT2D eigenvalue weighted by Crippen LogP contribution is 2.21. The molecule has 2 aromatic heterocycles. The lowest BCUT2D eigenvalue weighted by Gasteiger charge is -2.21. The second-order valence-corrected chi connectivity index (χ2v) is 10.4. The first kappa shape index (κ1) is 32.6. The van der Waals surface area contributed by atoms with Gasteiger partial charge in [-0.1, -0.05) is 32.3 Å². The van der Waals surface area contributed by atoms with Crippen LogP contribution in [0.4, 0.5) is 16.3 Å². The summed E-state index contributed by atoms with van der Waals surface area (Å²) in [6.45, 7) is 2.99. The summed E-state index contributed by atoms with van der Waals surface area (Å²) >= 11 is 0. The van der Waals surface area contributed by atoms with Crippen LogP contribution in [0.25, 0.3) is 11.0 Å². The van der Waals surface area contributed by atoms with Gasteiger partial charge < -0.3 is 19.4 Å². The van der Waals surface area contributed by atoms with Crippen molar-refractivity contribution in [2.75, 3.05) is 30.5 Å². The zero-order valence-electron chi connectivity index (χ0n) is 25.8. The van der Waals surface area contributed by atoms with Crippen molar-refractivity contribution in [3.8, 4) is 0 Å². The lowest BCUT2D eigenvalue weighted by atomic mass is 10.1. The minimum Gasteiger partial charge on any atom is -0.469 e. The first-order chi connectivity index (χ1) is 21.8. The number of ether oxygens (including phenoxy) is 2. The summed E-state index contributed by atoms with van der Waals surface area (Å²) in [6.07, 6.45) is 5.03. The quantitative estimate of drug-likeness (QED) is 0.0738. The summed E-state index contributed by atoms with van der Waals surface area (Å²) in [5, 5.41) is 14.0. The summed E-state index contributed by atoms with van der Waals surface area (Å²) in [5.74, 6) is 0.436. The van der Waals surface area contributed by atoms with E-state index in [4.69, 9.17) is 19.9 Å². The highest BCUT2D eigenvalue weighted by molar-refractivity contribution is 6.07. The van der Waals surface area contributed by atoms with Crippen LogP contribution < -0.4 is 15.5 Å².